The Balaban J connectivity index is 1.45. The highest BCUT2D eigenvalue weighted by molar-refractivity contribution is 7.98. The predicted octanol–water partition coefficient (Wildman–Crippen LogP) is 3.65. The fourth-order valence-corrected chi connectivity index (χ4v) is 4.02. The Morgan fingerprint density at radius 2 is 1.80 bits per heavy atom. The summed E-state index contributed by atoms with van der Waals surface area (Å²) in [5, 5.41) is 6.39. The minimum absolute atomic E-state index is 0.0156. The number of hydrogen-bond acceptors (Lipinski definition) is 5. The van der Waals surface area contributed by atoms with E-state index < -0.39 is 0 Å². The van der Waals surface area contributed by atoms with Crippen molar-refractivity contribution in [1.82, 2.24) is 9.80 Å². The Morgan fingerprint density at radius 1 is 1.07 bits per heavy atom. The molecule has 0 saturated carbocycles. The molecule has 1 unspecified atom stereocenters. The summed E-state index contributed by atoms with van der Waals surface area (Å²) < 4.78 is 0. The Hall–Kier alpha value is -2.06. The summed E-state index contributed by atoms with van der Waals surface area (Å²) in [6.45, 7) is 5.16. The van der Waals surface area contributed by atoms with Crippen LogP contribution in [0.4, 0.5) is 11.4 Å². The number of nitrogens with zero attached hydrogens (tertiary/aromatic N) is 2. The topological polar surface area (TPSA) is 64.7 Å². The van der Waals surface area contributed by atoms with Crippen molar-refractivity contribution in [1.29, 1.82) is 0 Å². The van der Waals surface area contributed by atoms with E-state index in [-0.39, 0.29) is 17.9 Å². The van der Waals surface area contributed by atoms with Gasteiger partial charge in [0.2, 0.25) is 11.8 Å². The van der Waals surface area contributed by atoms with Crippen LogP contribution in [-0.4, -0.2) is 66.6 Å². The number of piperazine rings is 1. The van der Waals surface area contributed by atoms with Crippen LogP contribution in [0.5, 0.6) is 0 Å². The van der Waals surface area contributed by atoms with Gasteiger partial charge in [-0.3, -0.25) is 19.4 Å². The van der Waals surface area contributed by atoms with Crippen LogP contribution in [-0.2, 0) is 9.59 Å². The molecular formula is C22H27ClN4O2S. The van der Waals surface area contributed by atoms with E-state index >= 15 is 0 Å². The molecule has 3 rings (SSSR count). The van der Waals surface area contributed by atoms with E-state index in [2.05, 4.69) is 20.4 Å². The summed E-state index contributed by atoms with van der Waals surface area (Å²) in [6, 6.07) is 14.8. The normalized spacial score (nSPS) is 16.1. The first-order valence-electron chi connectivity index (χ1n) is 9.92. The average Bonchev–Trinajstić information content (AvgIpc) is 2.75. The van der Waals surface area contributed by atoms with Gasteiger partial charge in [0.25, 0.3) is 0 Å². The molecule has 2 N–H and O–H groups in total. The largest absolute Gasteiger partial charge is 0.325 e. The molecule has 2 aromatic carbocycles. The van der Waals surface area contributed by atoms with E-state index in [9.17, 15) is 9.59 Å². The molecule has 1 aliphatic heterocycles. The molecule has 160 valence electrons. The Kier molecular flexibility index (Phi) is 8.16. The summed E-state index contributed by atoms with van der Waals surface area (Å²) in [7, 11) is 0. The Bertz CT molecular complexity index is 887. The van der Waals surface area contributed by atoms with Crippen LogP contribution >= 0.6 is 23.4 Å². The second-order valence-corrected chi connectivity index (χ2v) is 8.52. The molecule has 1 heterocycles. The number of carbonyl (C=O) groups excluding carboxylic acids is 2. The number of thioether (sulfide) groups is 1. The molecule has 30 heavy (non-hydrogen) atoms. The van der Waals surface area contributed by atoms with E-state index in [0.29, 0.717) is 17.3 Å². The molecule has 2 aromatic rings. The zero-order chi connectivity index (χ0) is 21.5. The van der Waals surface area contributed by atoms with Crippen LogP contribution in [0.25, 0.3) is 0 Å². The summed E-state index contributed by atoms with van der Waals surface area (Å²) in [4.78, 5) is 30.3. The maximum absolute atomic E-state index is 12.7. The molecule has 1 aliphatic rings. The van der Waals surface area contributed by atoms with Gasteiger partial charge in [0, 0.05) is 36.8 Å². The lowest BCUT2D eigenvalue weighted by Gasteiger charge is -2.37. The lowest BCUT2D eigenvalue weighted by atomic mass is 10.2. The second-order valence-electron chi connectivity index (χ2n) is 7.24. The first-order valence-corrected chi connectivity index (χ1v) is 11.5. The SMILES string of the molecule is CSc1cccc(NC(=O)C(C)N2CCN(CC(=O)Nc3ccccc3Cl)CC2)c1. The number of carbonyl (C=O) groups is 2. The number of halogens is 1. The van der Waals surface area contributed by atoms with Crippen molar-refractivity contribution >= 4 is 46.6 Å². The van der Waals surface area contributed by atoms with E-state index in [0.717, 1.165) is 36.8 Å². The fourth-order valence-electron chi connectivity index (χ4n) is 3.38. The number of hydrogen-bond donors (Lipinski definition) is 2. The molecule has 0 radical (unpaired) electrons. The van der Waals surface area contributed by atoms with Gasteiger partial charge in [0.15, 0.2) is 0 Å². The number of benzene rings is 2. The van der Waals surface area contributed by atoms with Crippen LogP contribution in [0, 0.1) is 0 Å². The number of para-hydroxylation sites is 1. The van der Waals surface area contributed by atoms with Gasteiger partial charge in [-0.1, -0.05) is 29.8 Å². The summed E-state index contributed by atoms with van der Waals surface area (Å²) >= 11 is 7.74. The third-order valence-corrected chi connectivity index (χ3v) is 6.24. The Morgan fingerprint density at radius 3 is 2.50 bits per heavy atom. The third-order valence-electron chi connectivity index (χ3n) is 5.19. The van der Waals surface area contributed by atoms with Crippen molar-refractivity contribution in [3.05, 3.63) is 53.6 Å². The van der Waals surface area contributed by atoms with Crippen molar-refractivity contribution in [2.75, 3.05) is 49.6 Å². The zero-order valence-electron chi connectivity index (χ0n) is 17.2. The minimum atomic E-state index is -0.234. The van der Waals surface area contributed by atoms with Crippen LogP contribution in [0.15, 0.2) is 53.4 Å². The summed E-state index contributed by atoms with van der Waals surface area (Å²) in [6.07, 6.45) is 2.01. The van der Waals surface area contributed by atoms with E-state index in [4.69, 9.17) is 11.6 Å². The van der Waals surface area contributed by atoms with Gasteiger partial charge >= 0.3 is 0 Å². The smallest absolute Gasteiger partial charge is 0.241 e. The van der Waals surface area contributed by atoms with Crippen LogP contribution in [0.2, 0.25) is 5.02 Å². The highest BCUT2D eigenvalue weighted by atomic mass is 35.5. The van der Waals surface area contributed by atoms with Gasteiger partial charge in [0.05, 0.1) is 23.3 Å². The number of amides is 2. The quantitative estimate of drug-likeness (QED) is 0.635. The van der Waals surface area contributed by atoms with Crippen molar-refractivity contribution in [2.45, 2.75) is 17.9 Å². The second kappa shape index (κ2) is 10.8. The maximum atomic E-state index is 12.7. The van der Waals surface area contributed by atoms with Gasteiger partial charge < -0.3 is 10.6 Å². The van der Waals surface area contributed by atoms with E-state index in [1.807, 2.05) is 49.6 Å². The van der Waals surface area contributed by atoms with Crippen LogP contribution in [0.1, 0.15) is 6.92 Å². The molecule has 0 bridgehead atoms. The number of rotatable bonds is 7. The maximum Gasteiger partial charge on any atom is 0.241 e. The monoisotopic (exact) mass is 446 g/mol. The first-order chi connectivity index (χ1) is 14.5. The molecule has 2 amide bonds. The Labute approximate surface area is 187 Å². The first kappa shape index (κ1) is 22.6. The zero-order valence-corrected chi connectivity index (χ0v) is 18.8. The average molecular weight is 447 g/mol. The van der Waals surface area contributed by atoms with Crippen molar-refractivity contribution in [3.63, 3.8) is 0 Å². The van der Waals surface area contributed by atoms with Gasteiger partial charge in [0.1, 0.15) is 0 Å². The third kappa shape index (κ3) is 6.22. The van der Waals surface area contributed by atoms with Crippen molar-refractivity contribution in [2.24, 2.45) is 0 Å². The number of anilines is 2. The van der Waals surface area contributed by atoms with Gasteiger partial charge in [-0.05, 0) is 43.5 Å². The number of nitrogens with one attached hydrogen (secondary N) is 2. The lowest BCUT2D eigenvalue weighted by molar-refractivity contribution is -0.122. The van der Waals surface area contributed by atoms with Gasteiger partial charge in [-0.25, -0.2) is 0 Å². The molecule has 0 aromatic heterocycles. The van der Waals surface area contributed by atoms with Crippen LogP contribution < -0.4 is 10.6 Å². The molecule has 1 fully saturated rings. The molecule has 1 atom stereocenters. The molecule has 8 heteroatoms. The molecule has 6 nitrogen and oxygen atoms in total. The molecular weight excluding hydrogens is 420 g/mol. The lowest BCUT2D eigenvalue weighted by Crippen LogP contribution is -2.53. The van der Waals surface area contributed by atoms with Crippen LogP contribution in [0.3, 0.4) is 0 Å². The molecule has 1 saturated heterocycles. The molecule has 0 spiro atoms. The van der Waals surface area contributed by atoms with E-state index in [1.165, 1.54) is 0 Å². The predicted molar refractivity (Wildman–Crippen MR) is 124 cm³/mol. The summed E-state index contributed by atoms with van der Waals surface area (Å²) in [5.41, 5.74) is 1.44. The van der Waals surface area contributed by atoms with Gasteiger partial charge in [-0.15, -0.1) is 11.8 Å². The van der Waals surface area contributed by atoms with E-state index in [1.54, 1.807) is 23.9 Å². The van der Waals surface area contributed by atoms with Crippen molar-refractivity contribution < 1.29 is 9.59 Å². The highest BCUT2D eigenvalue weighted by Crippen LogP contribution is 2.21. The molecule has 0 aliphatic carbocycles. The van der Waals surface area contributed by atoms with Crippen molar-refractivity contribution in [3.8, 4) is 0 Å². The van der Waals surface area contributed by atoms with Gasteiger partial charge in [-0.2, -0.15) is 0 Å². The minimum Gasteiger partial charge on any atom is -0.325 e. The summed E-state index contributed by atoms with van der Waals surface area (Å²) in [5.74, 6) is -0.103. The highest BCUT2D eigenvalue weighted by Gasteiger charge is 2.26. The standard InChI is InChI=1S/C22H27ClN4O2S/c1-16(22(29)24-17-6-5-7-18(14-17)30-2)27-12-10-26(11-13-27)15-21(28)25-20-9-4-3-8-19(20)23/h3-9,14,16H,10-13,15H2,1-2H3,(H,24,29)(H,25,28). The fraction of sp³-hybridized carbons (Fsp3) is 0.364.